The number of hydrogen-bond acceptors (Lipinski definition) is 3. The molecule has 0 aromatic heterocycles. The van der Waals surface area contributed by atoms with Crippen LogP contribution in [0.15, 0.2) is 12.1 Å². The summed E-state index contributed by atoms with van der Waals surface area (Å²) in [6.45, 7) is 0.0692. The molecule has 74 valence electrons. The van der Waals surface area contributed by atoms with Crippen molar-refractivity contribution < 1.29 is 8.78 Å². The van der Waals surface area contributed by atoms with Gasteiger partial charge in [-0.25, -0.2) is 8.78 Å². The highest BCUT2D eigenvalue weighted by Gasteiger charge is 2.14. The van der Waals surface area contributed by atoms with Crippen molar-refractivity contribution in [2.75, 3.05) is 6.54 Å². The maximum atomic E-state index is 12.8. The fraction of sp³-hybridized carbons (Fsp3) is 0.222. The van der Waals surface area contributed by atoms with Gasteiger partial charge in [0.15, 0.2) is 11.6 Å². The molecule has 0 fully saturated rings. The molecule has 1 aromatic carbocycles. The van der Waals surface area contributed by atoms with E-state index in [-0.39, 0.29) is 17.7 Å². The van der Waals surface area contributed by atoms with Gasteiger partial charge in [0, 0.05) is 12.6 Å². The second-order valence-corrected chi connectivity index (χ2v) is 2.81. The first-order chi connectivity index (χ1) is 6.60. The standard InChI is InChI=1S/C9H9F2N3/c10-7-1-5(3-12)6(2-8(7)11)9(14)4-13/h1-2,9H,4,13-14H2/t9-/m1/s1. The van der Waals surface area contributed by atoms with E-state index < -0.39 is 17.7 Å². The molecular weight excluding hydrogens is 188 g/mol. The number of nitrogens with zero attached hydrogens (tertiary/aromatic N) is 1. The molecule has 14 heavy (non-hydrogen) atoms. The summed E-state index contributed by atoms with van der Waals surface area (Å²) in [6.07, 6.45) is 0. The van der Waals surface area contributed by atoms with Crippen LogP contribution in [0.2, 0.25) is 0 Å². The normalized spacial score (nSPS) is 12.2. The third-order valence-corrected chi connectivity index (χ3v) is 1.87. The van der Waals surface area contributed by atoms with Crippen LogP contribution in [0, 0.1) is 23.0 Å². The van der Waals surface area contributed by atoms with Gasteiger partial charge in [-0.3, -0.25) is 0 Å². The van der Waals surface area contributed by atoms with Gasteiger partial charge >= 0.3 is 0 Å². The first kappa shape index (κ1) is 10.6. The van der Waals surface area contributed by atoms with Gasteiger partial charge in [0.25, 0.3) is 0 Å². The van der Waals surface area contributed by atoms with Crippen molar-refractivity contribution in [2.24, 2.45) is 11.5 Å². The minimum atomic E-state index is -1.06. The van der Waals surface area contributed by atoms with Crippen molar-refractivity contribution in [3.63, 3.8) is 0 Å². The lowest BCUT2D eigenvalue weighted by Crippen LogP contribution is -2.22. The van der Waals surface area contributed by atoms with Crippen LogP contribution in [0.25, 0.3) is 0 Å². The van der Waals surface area contributed by atoms with Crippen LogP contribution in [-0.2, 0) is 0 Å². The zero-order chi connectivity index (χ0) is 10.7. The van der Waals surface area contributed by atoms with Gasteiger partial charge in [0.05, 0.1) is 11.6 Å². The van der Waals surface area contributed by atoms with Crippen molar-refractivity contribution in [1.82, 2.24) is 0 Å². The molecule has 1 rings (SSSR count). The predicted octanol–water partition coefficient (Wildman–Crippen LogP) is 0.795. The fourth-order valence-electron chi connectivity index (χ4n) is 1.09. The molecule has 0 aliphatic rings. The molecule has 5 heteroatoms. The average molecular weight is 197 g/mol. The molecule has 3 nitrogen and oxygen atoms in total. The molecule has 0 aliphatic carbocycles. The summed E-state index contributed by atoms with van der Waals surface area (Å²) in [5.74, 6) is -2.09. The Bertz CT molecular complexity index is 384. The number of halogens is 2. The SMILES string of the molecule is N#Cc1cc(F)c(F)cc1[C@H](N)CN. The maximum absolute atomic E-state index is 12.8. The summed E-state index contributed by atoms with van der Waals surface area (Å²) in [5, 5.41) is 8.64. The van der Waals surface area contributed by atoms with Crippen molar-refractivity contribution in [2.45, 2.75) is 6.04 Å². The van der Waals surface area contributed by atoms with E-state index in [0.717, 1.165) is 12.1 Å². The summed E-state index contributed by atoms with van der Waals surface area (Å²) < 4.78 is 25.5. The Labute approximate surface area is 79.9 Å². The summed E-state index contributed by atoms with van der Waals surface area (Å²) in [7, 11) is 0. The Kier molecular flexibility index (Phi) is 3.12. The third-order valence-electron chi connectivity index (χ3n) is 1.87. The van der Waals surface area contributed by atoms with Gasteiger partial charge in [-0.15, -0.1) is 0 Å². The molecule has 1 aromatic rings. The summed E-state index contributed by atoms with van der Waals surface area (Å²) >= 11 is 0. The Morgan fingerprint density at radius 2 is 1.93 bits per heavy atom. The topological polar surface area (TPSA) is 75.8 Å². The van der Waals surface area contributed by atoms with Gasteiger partial charge in [-0.2, -0.15) is 5.26 Å². The second kappa shape index (κ2) is 4.13. The molecule has 0 amide bonds. The fourth-order valence-corrected chi connectivity index (χ4v) is 1.09. The van der Waals surface area contributed by atoms with Crippen LogP contribution in [0.3, 0.4) is 0 Å². The Morgan fingerprint density at radius 3 is 2.43 bits per heavy atom. The largest absolute Gasteiger partial charge is 0.329 e. The van der Waals surface area contributed by atoms with Gasteiger partial charge in [-0.1, -0.05) is 0 Å². The number of benzene rings is 1. The Balaban J connectivity index is 3.29. The van der Waals surface area contributed by atoms with Crippen LogP contribution in [0.1, 0.15) is 17.2 Å². The lowest BCUT2D eigenvalue weighted by atomic mass is 10.0. The Morgan fingerprint density at radius 1 is 1.36 bits per heavy atom. The summed E-state index contributed by atoms with van der Waals surface area (Å²) in [5.41, 5.74) is 11.0. The van der Waals surface area contributed by atoms with Crippen molar-refractivity contribution in [3.8, 4) is 6.07 Å². The van der Waals surface area contributed by atoms with Crippen LogP contribution in [-0.4, -0.2) is 6.54 Å². The van der Waals surface area contributed by atoms with E-state index >= 15 is 0 Å². The average Bonchev–Trinajstić information content (AvgIpc) is 2.20. The quantitative estimate of drug-likeness (QED) is 0.736. The Hall–Kier alpha value is -1.51. The zero-order valence-corrected chi connectivity index (χ0v) is 7.30. The monoisotopic (exact) mass is 197 g/mol. The van der Waals surface area contributed by atoms with E-state index in [9.17, 15) is 8.78 Å². The van der Waals surface area contributed by atoms with Crippen molar-refractivity contribution in [3.05, 3.63) is 34.9 Å². The van der Waals surface area contributed by atoms with E-state index in [0.29, 0.717) is 0 Å². The summed E-state index contributed by atoms with van der Waals surface area (Å²) in [6, 6.07) is 2.81. The maximum Gasteiger partial charge on any atom is 0.160 e. The van der Waals surface area contributed by atoms with Crippen LogP contribution in [0.5, 0.6) is 0 Å². The molecule has 0 heterocycles. The van der Waals surface area contributed by atoms with Gasteiger partial charge in [0.2, 0.25) is 0 Å². The lowest BCUT2D eigenvalue weighted by molar-refractivity contribution is 0.505. The predicted molar refractivity (Wildman–Crippen MR) is 47.1 cm³/mol. The van der Waals surface area contributed by atoms with Crippen molar-refractivity contribution in [1.29, 1.82) is 5.26 Å². The first-order valence-electron chi connectivity index (χ1n) is 3.94. The van der Waals surface area contributed by atoms with Gasteiger partial charge in [-0.05, 0) is 17.7 Å². The van der Waals surface area contributed by atoms with Crippen LogP contribution >= 0.6 is 0 Å². The minimum absolute atomic E-state index is 0.0156. The molecular formula is C9H9F2N3. The van der Waals surface area contributed by atoms with E-state index in [4.69, 9.17) is 16.7 Å². The molecule has 0 spiro atoms. The zero-order valence-electron chi connectivity index (χ0n) is 7.30. The van der Waals surface area contributed by atoms with Gasteiger partial charge < -0.3 is 11.5 Å². The first-order valence-corrected chi connectivity index (χ1v) is 3.94. The smallest absolute Gasteiger partial charge is 0.160 e. The third kappa shape index (κ3) is 1.87. The molecule has 4 N–H and O–H groups in total. The van der Waals surface area contributed by atoms with Crippen LogP contribution < -0.4 is 11.5 Å². The summed E-state index contributed by atoms with van der Waals surface area (Å²) in [4.78, 5) is 0. The molecule has 0 saturated heterocycles. The van der Waals surface area contributed by atoms with E-state index in [1.807, 2.05) is 0 Å². The number of rotatable bonds is 2. The molecule has 0 saturated carbocycles. The number of nitrogens with two attached hydrogens (primary N) is 2. The van der Waals surface area contributed by atoms with E-state index in [2.05, 4.69) is 0 Å². The molecule has 0 unspecified atom stereocenters. The molecule has 0 bridgehead atoms. The lowest BCUT2D eigenvalue weighted by Gasteiger charge is -2.11. The van der Waals surface area contributed by atoms with E-state index in [1.54, 1.807) is 6.07 Å². The number of hydrogen-bond donors (Lipinski definition) is 2. The molecule has 0 aliphatic heterocycles. The highest BCUT2D eigenvalue weighted by Crippen LogP contribution is 2.18. The number of nitriles is 1. The van der Waals surface area contributed by atoms with Crippen LogP contribution in [0.4, 0.5) is 8.78 Å². The molecule has 1 atom stereocenters. The highest BCUT2D eigenvalue weighted by atomic mass is 19.2. The van der Waals surface area contributed by atoms with E-state index in [1.165, 1.54) is 0 Å². The highest BCUT2D eigenvalue weighted by molar-refractivity contribution is 5.40. The second-order valence-electron chi connectivity index (χ2n) is 2.81. The van der Waals surface area contributed by atoms with Gasteiger partial charge in [0.1, 0.15) is 0 Å². The van der Waals surface area contributed by atoms with Crippen molar-refractivity contribution >= 4 is 0 Å². The minimum Gasteiger partial charge on any atom is -0.329 e. The molecule has 0 radical (unpaired) electrons.